The summed E-state index contributed by atoms with van der Waals surface area (Å²) in [5, 5.41) is 20.2. The molecule has 0 saturated carbocycles. The molecule has 0 rings (SSSR count). The van der Waals surface area contributed by atoms with Crippen molar-refractivity contribution in [2.45, 2.75) is 98.8 Å². The summed E-state index contributed by atoms with van der Waals surface area (Å²) in [6.45, 7) is 10.2. The second kappa shape index (κ2) is 10.7. The zero-order valence-corrected chi connectivity index (χ0v) is 16.4. The Morgan fingerprint density at radius 1 is 0.708 bits per heavy atom. The lowest BCUT2D eigenvalue weighted by Crippen LogP contribution is -2.56. The second-order valence-corrected chi connectivity index (χ2v) is 7.20. The maximum atomic E-state index is 12.4. The third kappa shape index (κ3) is 4.31. The highest BCUT2D eigenvalue weighted by molar-refractivity contribution is 5.99. The van der Waals surface area contributed by atoms with Gasteiger partial charge in [-0.1, -0.05) is 79.6 Å². The first-order valence-corrected chi connectivity index (χ1v) is 9.81. The van der Waals surface area contributed by atoms with E-state index in [0.717, 1.165) is 38.5 Å². The summed E-state index contributed by atoms with van der Waals surface area (Å²) in [5.41, 5.74) is -2.35. The lowest BCUT2D eigenvalue weighted by atomic mass is 9.50. The topological polar surface area (TPSA) is 74.6 Å². The number of carboxylic acids is 2. The summed E-state index contributed by atoms with van der Waals surface area (Å²) in [6, 6.07) is 0. The molecule has 4 nitrogen and oxygen atoms in total. The van der Waals surface area contributed by atoms with Crippen molar-refractivity contribution in [2.24, 2.45) is 16.7 Å². The molecule has 0 unspecified atom stereocenters. The van der Waals surface area contributed by atoms with Crippen LogP contribution < -0.4 is 0 Å². The number of hydrogen-bond acceptors (Lipinski definition) is 2. The van der Waals surface area contributed by atoms with Gasteiger partial charge in [-0.3, -0.25) is 9.59 Å². The first kappa shape index (κ1) is 22.9. The summed E-state index contributed by atoms with van der Waals surface area (Å²) in [6.07, 6.45) is 7.47. The zero-order chi connectivity index (χ0) is 18.8. The molecule has 0 bridgehead atoms. The Bertz CT molecular complexity index is 363. The summed E-state index contributed by atoms with van der Waals surface area (Å²) < 4.78 is 0. The molecule has 0 heterocycles. The van der Waals surface area contributed by atoms with Gasteiger partial charge in [0.2, 0.25) is 0 Å². The van der Waals surface area contributed by atoms with E-state index in [1.807, 2.05) is 20.8 Å². The Morgan fingerprint density at radius 3 is 1.33 bits per heavy atom. The summed E-state index contributed by atoms with van der Waals surface area (Å²) >= 11 is 0. The van der Waals surface area contributed by atoms with Gasteiger partial charge in [0.25, 0.3) is 0 Å². The fourth-order valence-corrected chi connectivity index (χ4v) is 4.95. The maximum Gasteiger partial charge on any atom is 0.321 e. The Kier molecular flexibility index (Phi) is 10.3. The first-order valence-electron chi connectivity index (χ1n) is 9.81. The zero-order valence-electron chi connectivity index (χ0n) is 16.4. The van der Waals surface area contributed by atoms with Gasteiger partial charge in [-0.15, -0.1) is 0 Å². The normalized spacial score (nSPS) is 12.6. The van der Waals surface area contributed by atoms with E-state index in [-0.39, 0.29) is 12.3 Å². The largest absolute Gasteiger partial charge is 0.480 e. The van der Waals surface area contributed by atoms with Crippen LogP contribution in [-0.2, 0) is 9.59 Å². The van der Waals surface area contributed by atoms with Crippen LogP contribution in [0.3, 0.4) is 0 Å². The molecular formula is C20H38O4. The van der Waals surface area contributed by atoms with Crippen LogP contribution >= 0.6 is 0 Å². The van der Waals surface area contributed by atoms with Crippen molar-refractivity contribution in [3.8, 4) is 0 Å². The highest BCUT2D eigenvalue weighted by Gasteiger charge is 2.62. The highest BCUT2D eigenvalue weighted by atomic mass is 16.4. The van der Waals surface area contributed by atoms with E-state index >= 15 is 0 Å². The fraction of sp³-hybridized carbons (Fsp3) is 0.900. The van der Waals surface area contributed by atoms with Crippen LogP contribution in [0.2, 0.25) is 0 Å². The van der Waals surface area contributed by atoms with Crippen molar-refractivity contribution in [3.05, 3.63) is 0 Å². The smallest absolute Gasteiger partial charge is 0.321 e. The van der Waals surface area contributed by atoms with E-state index in [2.05, 4.69) is 13.8 Å². The Balaban J connectivity index is 6.55. The van der Waals surface area contributed by atoms with E-state index in [1.54, 1.807) is 0 Å². The Hall–Kier alpha value is -1.06. The van der Waals surface area contributed by atoms with E-state index in [1.165, 1.54) is 0 Å². The molecule has 0 amide bonds. The van der Waals surface area contributed by atoms with Gasteiger partial charge >= 0.3 is 11.9 Å². The average Bonchev–Trinajstić information content (AvgIpc) is 2.51. The monoisotopic (exact) mass is 342 g/mol. The minimum absolute atomic E-state index is 0.145. The van der Waals surface area contributed by atoms with Gasteiger partial charge in [-0.25, -0.2) is 0 Å². The Labute approximate surface area is 148 Å². The quantitative estimate of drug-likeness (QED) is 0.394. The van der Waals surface area contributed by atoms with Crippen LogP contribution in [0.5, 0.6) is 0 Å². The van der Waals surface area contributed by atoms with Crippen LogP contribution in [0.15, 0.2) is 0 Å². The highest BCUT2D eigenvalue weighted by Crippen LogP contribution is 2.57. The van der Waals surface area contributed by atoms with Gasteiger partial charge in [-0.05, 0) is 25.2 Å². The molecule has 4 heteroatoms. The summed E-state index contributed by atoms with van der Waals surface area (Å²) in [7, 11) is 0. The molecule has 0 aromatic rings. The van der Waals surface area contributed by atoms with Gasteiger partial charge in [0.05, 0.1) is 0 Å². The third-order valence-corrected chi connectivity index (χ3v) is 5.65. The predicted octanol–water partition coefficient (Wildman–Crippen LogP) is 5.75. The van der Waals surface area contributed by atoms with E-state index < -0.39 is 22.8 Å². The molecule has 0 aliphatic heterocycles. The molecule has 0 aromatic heterocycles. The Morgan fingerprint density at radius 2 is 1.08 bits per heavy atom. The molecule has 0 saturated heterocycles. The molecule has 0 aliphatic rings. The minimum atomic E-state index is -1.68. The van der Waals surface area contributed by atoms with Gasteiger partial charge in [-0.2, -0.15) is 0 Å². The first-order chi connectivity index (χ1) is 11.3. The van der Waals surface area contributed by atoms with Gasteiger partial charge in [0, 0.05) is 5.41 Å². The van der Waals surface area contributed by atoms with E-state index in [4.69, 9.17) is 0 Å². The maximum absolute atomic E-state index is 12.4. The number of aliphatic carboxylic acids is 2. The van der Waals surface area contributed by atoms with E-state index in [0.29, 0.717) is 19.3 Å². The molecule has 0 aromatic carbocycles. The van der Waals surface area contributed by atoms with Gasteiger partial charge in [0.1, 0.15) is 0 Å². The number of carboxylic acid groups (broad SMARTS) is 2. The van der Waals surface area contributed by atoms with Crippen molar-refractivity contribution in [1.82, 2.24) is 0 Å². The third-order valence-electron chi connectivity index (χ3n) is 5.65. The second-order valence-electron chi connectivity index (χ2n) is 7.20. The molecular weight excluding hydrogens is 304 g/mol. The summed E-state index contributed by atoms with van der Waals surface area (Å²) in [4.78, 5) is 24.8. The molecule has 0 aliphatic carbocycles. The molecule has 0 fully saturated rings. The molecule has 0 spiro atoms. The molecule has 0 atom stereocenters. The standard InChI is InChI=1S/C20H38O4/c1-6-11-16(12-7-2)19(13-8-3,14-9-4)20(15-10-5,17(21)22)18(23)24/h16H,6-15H2,1-5H3,(H,21,22)(H,23,24). The SMILES string of the molecule is CCCC(CCC)C(CCC)(CCC)C(CCC)(C(=O)O)C(=O)O. The van der Waals surface area contributed by atoms with Crippen molar-refractivity contribution < 1.29 is 19.8 Å². The van der Waals surface area contributed by atoms with Crippen molar-refractivity contribution in [3.63, 3.8) is 0 Å². The minimum Gasteiger partial charge on any atom is -0.480 e. The van der Waals surface area contributed by atoms with Crippen molar-refractivity contribution >= 4 is 11.9 Å². The molecule has 24 heavy (non-hydrogen) atoms. The number of carbonyl (C=O) groups is 2. The fourth-order valence-electron chi connectivity index (χ4n) is 4.95. The van der Waals surface area contributed by atoms with Crippen LogP contribution in [0, 0.1) is 16.7 Å². The van der Waals surface area contributed by atoms with Crippen molar-refractivity contribution in [2.75, 3.05) is 0 Å². The van der Waals surface area contributed by atoms with Gasteiger partial charge in [0.15, 0.2) is 5.41 Å². The number of rotatable bonds is 14. The molecule has 0 radical (unpaired) electrons. The summed E-state index contributed by atoms with van der Waals surface area (Å²) in [5.74, 6) is -2.14. The van der Waals surface area contributed by atoms with Gasteiger partial charge < -0.3 is 10.2 Å². The van der Waals surface area contributed by atoms with E-state index in [9.17, 15) is 19.8 Å². The molecule has 142 valence electrons. The van der Waals surface area contributed by atoms with Crippen LogP contribution in [0.4, 0.5) is 0 Å². The average molecular weight is 343 g/mol. The number of hydrogen-bond donors (Lipinski definition) is 2. The van der Waals surface area contributed by atoms with Crippen LogP contribution in [0.1, 0.15) is 98.8 Å². The van der Waals surface area contributed by atoms with Crippen molar-refractivity contribution in [1.29, 1.82) is 0 Å². The van der Waals surface area contributed by atoms with Crippen LogP contribution in [-0.4, -0.2) is 22.2 Å². The molecule has 2 N–H and O–H groups in total. The van der Waals surface area contributed by atoms with Crippen LogP contribution in [0.25, 0.3) is 0 Å². The predicted molar refractivity (Wildman–Crippen MR) is 98.2 cm³/mol. The lowest BCUT2D eigenvalue weighted by Gasteiger charge is -2.51. The lowest BCUT2D eigenvalue weighted by molar-refractivity contribution is -0.185.